The quantitative estimate of drug-likeness (QED) is 0.360. The van der Waals surface area contributed by atoms with Gasteiger partial charge in [-0.1, -0.05) is 32.1 Å². The molecule has 0 heterocycles. The predicted molar refractivity (Wildman–Crippen MR) is 118 cm³/mol. The Balaban J connectivity index is 2.88. The lowest BCUT2D eigenvalue weighted by Crippen LogP contribution is -2.48. The van der Waals surface area contributed by atoms with Gasteiger partial charge in [0.15, 0.2) is 0 Å². The van der Waals surface area contributed by atoms with Gasteiger partial charge in [0.1, 0.15) is 5.60 Å². The van der Waals surface area contributed by atoms with Gasteiger partial charge in [0, 0.05) is 21.7 Å². The molecule has 0 fully saturated rings. The second kappa shape index (κ2) is 10.5. The number of nitrogens with two attached hydrogens (primary N) is 1. The van der Waals surface area contributed by atoms with Gasteiger partial charge in [-0.15, -0.1) is 6.58 Å². The van der Waals surface area contributed by atoms with Gasteiger partial charge in [0.05, 0.1) is 5.92 Å². The van der Waals surface area contributed by atoms with Crippen molar-refractivity contribution in [1.82, 2.24) is 10.0 Å². The molecule has 1 rings (SSSR count). The van der Waals surface area contributed by atoms with Crippen molar-refractivity contribution in [3.8, 4) is 0 Å². The van der Waals surface area contributed by atoms with Gasteiger partial charge in [0.25, 0.3) is 0 Å². The van der Waals surface area contributed by atoms with Crippen LogP contribution in [0.25, 0.3) is 0 Å². The average molecular weight is 426 g/mol. The minimum atomic E-state index is -3.61. The standard InChI is InChI=1S/C21H35N3O4S/c1-7-9-16-10-8-11-18(13-16)29(22,27)24-19(25)17(12-15(2)3)14-23-20(26)28-21(4,5)6/h7-8,10-11,13,15,17,29H,1,9,12,14H2,2-6H3,(H,23,26)(H3,22,24,25,27). The topological polar surface area (TPSA) is 111 Å². The molecule has 164 valence electrons. The first kappa shape index (κ1) is 24.8. The smallest absolute Gasteiger partial charge is 0.407 e. The zero-order valence-corrected chi connectivity index (χ0v) is 18.9. The molecule has 0 radical (unpaired) electrons. The monoisotopic (exact) mass is 425 g/mol. The molecule has 0 aromatic heterocycles. The largest absolute Gasteiger partial charge is 0.444 e. The third-order valence-corrected chi connectivity index (χ3v) is 5.57. The molecular formula is C21H35N3O4S. The molecule has 0 spiro atoms. The number of nitrogens with one attached hydrogen (secondary N) is 2. The van der Waals surface area contributed by atoms with Crippen LogP contribution in [0, 0.1) is 11.8 Å². The number of amides is 2. The number of ether oxygens (including phenoxy) is 1. The van der Waals surface area contributed by atoms with Crippen LogP contribution in [0.3, 0.4) is 0 Å². The SMILES string of the molecule is C=CCc1cccc([SH](N)(=O)NC(=O)C(CNC(=O)OC(C)(C)C)CC(C)C)c1. The van der Waals surface area contributed by atoms with E-state index in [4.69, 9.17) is 9.88 Å². The number of carbonyl (C=O) groups is 2. The number of thiol groups is 1. The van der Waals surface area contributed by atoms with Crippen LogP contribution in [0.5, 0.6) is 0 Å². The lowest BCUT2D eigenvalue weighted by Gasteiger charge is -2.26. The zero-order valence-electron chi connectivity index (χ0n) is 18.0. The summed E-state index contributed by atoms with van der Waals surface area (Å²) in [6.45, 7) is 13.0. The summed E-state index contributed by atoms with van der Waals surface area (Å²) in [5.74, 6) is -0.857. The van der Waals surface area contributed by atoms with Crippen molar-refractivity contribution in [3.05, 3.63) is 42.5 Å². The van der Waals surface area contributed by atoms with E-state index in [1.165, 1.54) is 0 Å². The molecule has 8 heteroatoms. The first-order valence-corrected chi connectivity index (χ1v) is 11.5. The van der Waals surface area contributed by atoms with Crippen molar-refractivity contribution in [1.29, 1.82) is 0 Å². The summed E-state index contributed by atoms with van der Waals surface area (Å²) < 4.78 is 20.7. The lowest BCUT2D eigenvalue weighted by molar-refractivity contribution is -0.123. The Labute approximate surface area is 175 Å². The summed E-state index contributed by atoms with van der Waals surface area (Å²) >= 11 is 0. The fourth-order valence-electron chi connectivity index (χ4n) is 2.75. The molecule has 0 aliphatic rings. The van der Waals surface area contributed by atoms with E-state index < -0.39 is 33.8 Å². The van der Waals surface area contributed by atoms with E-state index in [0.29, 0.717) is 17.7 Å². The Hall–Kier alpha value is -2.19. The Morgan fingerprint density at radius 3 is 2.52 bits per heavy atom. The van der Waals surface area contributed by atoms with Gasteiger partial charge < -0.3 is 10.1 Å². The first-order valence-electron chi connectivity index (χ1n) is 9.72. The molecule has 0 aliphatic heterocycles. The van der Waals surface area contributed by atoms with E-state index in [9.17, 15) is 13.8 Å². The highest BCUT2D eigenvalue weighted by molar-refractivity contribution is 7.99. The van der Waals surface area contributed by atoms with Crippen molar-refractivity contribution in [3.63, 3.8) is 0 Å². The highest BCUT2D eigenvalue weighted by Gasteiger charge is 2.26. The third-order valence-electron chi connectivity index (χ3n) is 3.97. The summed E-state index contributed by atoms with van der Waals surface area (Å²) in [6.07, 6.45) is 2.24. The maximum Gasteiger partial charge on any atom is 0.407 e. The minimum Gasteiger partial charge on any atom is -0.444 e. The van der Waals surface area contributed by atoms with Crippen LogP contribution < -0.4 is 15.2 Å². The number of hydrogen-bond acceptors (Lipinski definition) is 4. The number of carbonyl (C=O) groups excluding carboxylic acids is 2. The van der Waals surface area contributed by atoms with Crippen molar-refractivity contribution in [2.75, 3.05) is 6.54 Å². The number of rotatable bonds is 9. The third kappa shape index (κ3) is 9.23. The van der Waals surface area contributed by atoms with E-state index in [1.807, 2.05) is 19.9 Å². The average Bonchev–Trinajstić information content (AvgIpc) is 2.57. The number of alkyl carbamates (subject to hydrolysis) is 1. The van der Waals surface area contributed by atoms with Gasteiger partial charge >= 0.3 is 6.09 Å². The Morgan fingerprint density at radius 2 is 1.97 bits per heavy atom. The normalized spacial score (nSPS) is 13.5. The molecule has 0 aliphatic carbocycles. The molecule has 29 heavy (non-hydrogen) atoms. The highest BCUT2D eigenvalue weighted by Crippen LogP contribution is 2.17. The van der Waals surface area contributed by atoms with E-state index >= 15 is 0 Å². The molecule has 1 unspecified atom stereocenters. The fourth-order valence-corrected chi connectivity index (χ4v) is 4.05. The van der Waals surface area contributed by atoms with Crippen molar-refractivity contribution >= 4 is 22.3 Å². The molecule has 4 N–H and O–H groups in total. The van der Waals surface area contributed by atoms with E-state index in [1.54, 1.807) is 45.0 Å². The summed E-state index contributed by atoms with van der Waals surface area (Å²) in [5, 5.41) is 8.61. The van der Waals surface area contributed by atoms with Gasteiger partial charge in [0.2, 0.25) is 5.91 Å². The van der Waals surface area contributed by atoms with E-state index in [0.717, 1.165) is 5.56 Å². The van der Waals surface area contributed by atoms with Gasteiger partial charge in [-0.25, -0.2) is 9.00 Å². The van der Waals surface area contributed by atoms with Gasteiger partial charge in [-0.2, -0.15) is 0 Å². The van der Waals surface area contributed by atoms with Crippen LogP contribution in [0.4, 0.5) is 4.79 Å². The van der Waals surface area contributed by atoms with Crippen LogP contribution in [0.2, 0.25) is 0 Å². The maximum atomic E-state index is 13.0. The summed E-state index contributed by atoms with van der Waals surface area (Å²) in [6, 6.07) is 6.96. The second-order valence-electron chi connectivity index (χ2n) is 8.51. The molecule has 1 atom stereocenters. The number of hydrogen-bond donors (Lipinski definition) is 4. The Bertz CT molecular complexity index is 771. The molecular weight excluding hydrogens is 390 g/mol. The van der Waals surface area contributed by atoms with Crippen LogP contribution in [-0.4, -0.2) is 28.4 Å². The minimum absolute atomic E-state index is 0.0649. The van der Waals surface area contributed by atoms with Crippen molar-refractivity contribution in [2.45, 2.75) is 58.0 Å². The van der Waals surface area contributed by atoms with Crippen molar-refractivity contribution < 1.29 is 18.5 Å². The van der Waals surface area contributed by atoms with Gasteiger partial charge in [-0.3, -0.25) is 14.7 Å². The van der Waals surface area contributed by atoms with Gasteiger partial charge in [-0.05, 0) is 57.2 Å². The molecule has 1 aromatic carbocycles. The summed E-state index contributed by atoms with van der Waals surface area (Å²) in [7, 11) is -3.61. The Morgan fingerprint density at radius 1 is 1.31 bits per heavy atom. The number of allylic oxidation sites excluding steroid dienone is 1. The van der Waals surface area contributed by atoms with Crippen LogP contribution in [0.1, 0.15) is 46.6 Å². The molecule has 0 bridgehead atoms. The number of benzene rings is 1. The first-order chi connectivity index (χ1) is 13.3. The highest BCUT2D eigenvalue weighted by atomic mass is 32.3. The van der Waals surface area contributed by atoms with E-state index in [-0.39, 0.29) is 12.5 Å². The maximum absolute atomic E-state index is 13.0. The van der Waals surface area contributed by atoms with Crippen molar-refractivity contribution in [2.24, 2.45) is 17.0 Å². The van der Waals surface area contributed by atoms with Crippen LogP contribution in [0.15, 0.2) is 41.8 Å². The zero-order chi connectivity index (χ0) is 22.2. The molecule has 1 aromatic rings. The summed E-state index contributed by atoms with van der Waals surface area (Å²) in [4.78, 5) is 25.1. The molecule has 0 saturated carbocycles. The van der Waals surface area contributed by atoms with Crippen LogP contribution >= 0.6 is 0 Å². The molecule has 2 amide bonds. The predicted octanol–water partition coefficient (Wildman–Crippen LogP) is 2.88. The lowest BCUT2D eigenvalue weighted by atomic mass is 9.96. The molecule has 7 nitrogen and oxygen atoms in total. The fraction of sp³-hybridized carbons (Fsp3) is 0.524. The molecule has 0 saturated heterocycles. The van der Waals surface area contributed by atoms with E-state index in [2.05, 4.69) is 16.6 Å². The van der Waals surface area contributed by atoms with Crippen LogP contribution in [-0.2, 0) is 26.3 Å². The summed E-state index contributed by atoms with van der Waals surface area (Å²) in [5.41, 5.74) is 0.270. The second-order valence-corrected chi connectivity index (χ2v) is 10.6. The Kier molecular flexibility index (Phi) is 9.04.